The Kier molecular flexibility index (Phi) is 3.26. The van der Waals surface area contributed by atoms with E-state index in [2.05, 4.69) is 5.32 Å². The first kappa shape index (κ1) is 10.9. The van der Waals surface area contributed by atoms with Crippen molar-refractivity contribution in [2.75, 3.05) is 6.54 Å². The summed E-state index contributed by atoms with van der Waals surface area (Å²) in [7, 11) is 0. The molecule has 0 aromatic rings. The predicted octanol–water partition coefficient (Wildman–Crippen LogP) is 0.297. The van der Waals surface area contributed by atoms with Crippen molar-refractivity contribution < 1.29 is 14.6 Å². The largest absolute Gasteiger partial charge is 0.463 e. The van der Waals surface area contributed by atoms with E-state index >= 15 is 0 Å². The molecule has 0 spiro atoms. The molecule has 2 aliphatic rings. The molecule has 1 heterocycles. The van der Waals surface area contributed by atoms with Crippen LogP contribution in [0.15, 0.2) is 0 Å². The molecule has 0 bridgehead atoms. The summed E-state index contributed by atoms with van der Waals surface area (Å²) in [6.07, 6.45) is 2.85. The molecule has 1 saturated carbocycles. The minimum absolute atomic E-state index is 0.0946. The van der Waals surface area contributed by atoms with Gasteiger partial charge < -0.3 is 15.2 Å². The lowest BCUT2D eigenvalue weighted by Gasteiger charge is -2.33. The Labute approximate surface area is 90.0 Å². The molecule has 5 unspecified atom stereocenters. The minimum Gasteiger partial charge on any atom is -0.463 e. The van der Waals surface area contributed by atoms with Gasteiger partial charge in [-0.2, -0.15) is 0 Å². The van der Waals surface area contributed by atoms with Gasteiger partial charge in [0.2, 0.25) is 0 Å². The van der Waals surface area contributed by atoms with Crippen molar-refractivity contribution in [3.05, 3.63) is 0 Å². The monoisotopic (exact) mass is 213 g/mol. The Morgan fingerprint density at radius 1 is 1.47 bits per heavy atom. The number of carbonyl (C=O) groups excluding carboxylic acids is 1. The molecule has 0 aromatic carbocycles. The van der Waals surface area contributed by atoms with Gasteiger partial charge >= 0.3 is 0 Å². The maximum absolute atomic E-state index is 10.3. The summed E-state index contributed by atoms with van der Waals surface area (Å²) in [5.74, 6) is 0.810. The Hall–Kier alpha value is -0.610. The fraction of sp³-hybridized carbons (Fsp3) is 0.909. The maximum Gasteiger partial charge on any atom is 0.293 e. The quantitative estimate of drug-likeness (QED) is 0.662. The molecule has 2 rings (SSSR count). The van der Waals surface area contributed by atoms with Gasteiger partial charge in [0.1, 0.15) is 6.10 Å². The van der Waals surface area contributed by atoms with E-state index in [4.69, 9.17) is 4.74 Å². The first-order chi connectivity index (χ1) is 7.24. The molecule has 5 atom stereocenters. The summed E-state index contributed by atoms with van der Waals surface area (Å²) < 4.78 is 4.99. The molecule has 0 amide bonds. The lowest BCUT2D eigenvalue weighted by molar-refractivity contribution is -0.134. The first-order valence-corrected chi connectivity index (χ1v) is 5.74. The van der Waals surface area contributed by atoms with Crippen molar-refractivity contribution in [2.24, 2.45) is 11.8 Å². The second-order valence-corrected chi connectivity index (χ2v) is 4.70. The SMILES string of the molecule is CC(OC=O)C1NCC2C(O)CCCC21. The third-order valence-electron chi connectivity index (χ3n) is 3.91. The van der Waals surface area contributed by atoms with Gasteiger partial charge in [0.05, 0.1) is 6.10 Å². The van der Waals surface area contributed by atoms with E-state index < -0.39 is 0 Å². The van der Waals surface area contributed by atoms with Crippen LogP contribution in [0, 0.1) is 11.8 Å². The standard InChI is InChI=1S/C11H19NO3/c1-7(15-6-13)11-8-3-2-4-10(14)9(8)5-12-11/h6-12,14H,2-5H2,1H3. The molecule has 4 nitrogen and oxygen atoms in total. The van der Waals surface area contributed by atoms with Crippen LogP contribution in [-0.2, 0) is 9.53 Å². The highest BCUT2D eigenvalue weighted by molar-refractivity contribution is 5.37. The smallest absolute Gasteiger partial charge is 0.293 e. The molecule has 1 aliphatic carbocycles. The summed E-state index contributed by atoms with van der Waals surface area (Å²) in [5.41, 5.74) is 0. The average molecular weight is 213 g/mol. The fourth-order valence-electron chi connectivity index (χ4n) is 3.12. The Balaban J connectivity index is 2.00. The normalized spacial score (nSPS) is 42.0. The highest BCUT2D eigenvalue weighted by Gasteiger charge is 2.44. The third kappa shape index (κ3) is 2.01. The molecule has 86 valence electrons. The summed E-state index contributed by atoms with van der Waals surface area (Å²) in [6.45, 7) is 3.28. The van der Waals surface area contributed by atoms with E-state index in [1.165, 1.54) is 0 Å². The number of ether oxygens (including phenoxy) is 1. The third-order valence-corrected chi connectivity index (χ3v) is 3.91. The van der Waals surface area contributed by atoms with Crippen LogP contribution in [0.25, 0.3) is 0 Å². The van der Waals surface area contributed by atoms with Gasteiger partial charge in [0, 0.05) is 18.5 Å². The molecule has 2 N–H and O–H groups in total. The Morgan fingerprint density at radius 3 is 3.00 bits per heavy atom. The van der Waals surface area contributed by atoms with Gasteiger partial charge in [-0.05, 0) is 25.7 Å². The van der Waals surface area contributed by atoms with Crippen LogP contribution < -0.4 is 5.32 Å². The summed E-state index contributed by atoms with van der Waals surface area (Å²) in [4.78, 5) is 10.3. The van der Waals surface area contributed by atoms with Crippen LogP contribution in [0.1, 0.15) is 26.2 Å². The number of rotatable bonds is 3. The van der Waals surface area contributed by atoms with Crippen molar-refractivity contribution in [2.45, 2.75) is 44.4 Å². The molecule has 1 aliphatic heterocycles. The van der Waals surface area contributed by atoms with Crippen molar-refractivity contribution in [1.82, 2.24) is 5.32 Å². The van der Waals surface area contributed by atoms with Gasteiger partial charge in [0.15, 0.2) is 0 Å². The Bertz CT molecular complexity index is 234. The van der Waals surface area contributed by atoms with Crippen molar-refractivity contribution >= 4 is 6.47 Å². The second kappa shape index (κ2) is 4.49. The van der Waals surface area contributed by atoms with Crippen LogP contribution >= 0.6 is 0 Å². The molecule has 2 fully saturated rings. The van der Waals surface area contributed by atoms with E-state index in [1.807, 2.05) is 6.92 Å². The van der Waals surface area contributed by atoms with Crippen molar-refractivity contribution in [3.8, 4) is 0 Å². The van der Waals surface area contributed by atoms with Crippen LogP contribution in [-0.4, -0.2) is 36.4 Å². The van der Waals surface area contributed by atoms with Gasteiger partial charge in [-0.3, -0.25) is 4.79 Å². The topological polar surface area (TPSA) is 58.6 Å². The molecule has 0 radical (unpaired) electrons. The molecule has 4 heteroatoms. The maximum atomic E-state index is 10.3. The average Bonchev–Trinajstić information content (AvgIpc) is 2.63. The number of carbonyl (C=O) groups is 1. The highest BCUT2D eigenvalue weighted by atomic mass is 16.5. The number of aliphatic hydroxyl groups is 1. The molecule has 1 saturated heterocycles. The number of hydrogen-bond acceptors (Lipinski definition) is 4. The summed E-state index contributed by atoms with van der Waals surface area (Å²) >= 11 is 0. The lowest BCUT2D eigenvalue weighted by atomic mass is 9.75. The predicted molar refractivity (Wildman–Crippen MR) is 55.2 cm³/mol. The van der Waals surface area contributed by atoms with Crippen LogP contribution in [0.5, 0.6) is 0 Å². The van der Waals surface area contributed by atoms with E-state index in [1.54, 1.807) is 0 Å². The molecule has 0 aromatic heterocycles. The van der Waals surface area contributed by atoms with Crippen molar-refractivity contribution in [1.29, 1.82) is 0 Å². The van der Waals surface area contributed by atoms with Gasteiger partial charge in [0.25, 0.3) is 6.47 Å². The first-order valence-electron chi connectivity index (χ1n) is 5.74. The Morgan fingerprint density at radius 2 is 2.27 bits per heavy atom. The number of aliphatic hydroxyl groups excluding tert-OH is 1. The molecular formula is C11H19NO3. The lowest BCUT2D eigenvalue weighted by Crippen LogP contribution is -2.41. The number of nitrogens with one attached hydrogen (secondary N) is 1. The summed E-state index contributed by atoms with van der Waals surface area (Å²) in [5, 5.41) is 13.2. The van der Waals surface area contributed by atoms with Crippen molar-refractivity contribution in [3.63, 3.8) is 0 Å². The molecule has 15 heavy (non-hydrogen) atoms. The zero-order valence-corrected chi connectivity index (χ0v) is 9.06. The number of hydrogen-bond donors (Lipinski definition) is 2. The summed E-state index contributed by atoms with van der Waals surface area (Å²) in [6, 6.07) is 0.218. The van der Waals surface area contributed by atoms with Crippen LogP contribution in [0.2, 0.25) is 0 Å². The van der Waals surface area contributed by atoms with Crippen LogP contribution in [0.4, 0.5) is 0 Å². The fourth-order valence-corrected chi connectivity index (χ4v) is 3.12. The van der Waals surface area contributed by atoms with Gasteiger partial charge in [-0.15, -0.1) is 0 Å². The zero-order chi connectivity index (χ0) is 10.8. The zero-order valence-electron chi connectivity index (χ0n) is 9.06. The van der Waals surface area contributed by atoms with E-state index in [9.17, 15) is 9.90 Å². The van der Waals surface area contributed by atoms with E-state index in [-0.39, 0.29) is 18.2 Å². The minimum atomic E-state index is -0.176. The van der Waals surface area contributed by atoms with E-state index in [0.717, 1.165) is 25.8 Å². The van der Waals surface area contributed by atoms with E-state index in [0.29, 0.717) is 18.3 Å². The number of fused-ring (bicyclic) bond motifs is 1. The van der Waals surface area contributed by atoms with Gasteiger partial charge in [-0.1, -0.05) is 6.42 Å². The highest BCUT2D eigenvalue weighted by Crippen LogP contribution is 2.37. The van der Waals surface area contributed by atoms with Crippen LogP contribution in [0.3, 0.4) is 0 Å². The van der Waals surface area contributed by atoms with Gasteiger partial charge in [-0.25, -0.2) is 0 Å². The molecular weight excluding hydrogens is 194 g/mol. The second-order valence-electron chi connectivity index (χ2n) is 4.70.